The molecule has 0 bridgehead atoms. The van der Waals surface area contributed by atoms with Gasteiger partial charge in [0, 0.05) is 25.9 Å². The standard InChI is InChI=1S/C10H14N2.C3H8/c1-5-9-6-8(2)7-11-10(9)12(3)4;1-3-2/h5-7H,1H2,2-4H3;3H2,1-2H3. The molecule has 0 aromatic carbocycles. The third-order valence-electron chi connectivity index (χ3n) is 1.68. The number of aryl methyl sites for hydroxylation is 1. The molecule has 1 aromatic rings. The molecule has 15 heavy (non-hydrogen) atoms. The molecule has 1 rings (SSSR count). The zero-order valence-corrected chi connectivity index (χ0v) is 10.5. The lowest BCUT2D eigenvalue weighted by molar-refractivity contribution is 1.06. The van der Waals surface area contributed by atoms with Gasteiger partial charge in [-0.3, -0.25) is 0 Å². The molecule has 2 heteroatoms. The van der Waals surface area contributed by atoms with Gasteiger partial charge in [0.25, 0.3) is 0 Å². The van der Waals surface area contributed by atoms with E-state index in [4.69, 9.17) is 0 Å². The van der Waals surface area contributed by atoms with Gasteiger partial charge in [-0.25, -0.2) is 4.98 Å². The third kappa shape index (κ3) is 4.63. The van der Waals surface area contributed by atoms with E-state index in [2.05, 4.69) is 31.5 Å². The van der Waals surface area contributed by atoms with Gasteiger partial charge in [-0.1, -0.05) is 32.9 Å². The lowest BCUT2D eigenvalue weighted by Crippen LogP contribution is -2.12. The summed E-state index contributed by atoms with van der Waals surface area (Å²) in [4.78, 5) is 6.29. The van der Waals surface area contributed by atoms with Gasteiger partial charge in [0.05, 0.1) is 0 Å². The van der Waals surface area contributed by atoms with E-state index in [0.29, 0.717) is 0 Å². The fourth-order valence-electron chi connectivity index (χ4n) is 1.11. The zero-order valence-electron chi connectivity index (χ0n) is 10.5. The highest BCUT2D eigenvalue weighted by Crippen LogP contribution is 2.16. The van der Waals surface area contributed by atoms with Crippen LogP contribution in [0.15, 0.2) is 18.8 Å². The van der Waals surface area contributed by atoms with Crippen LogP contribution >= 0.6 is 0 Å². The second kappa shape index (κ2) is 7.04. The van der Waals surface area contributed by atoms with Crippen LogP contribution in [0.25, 0.3) is 6.08 Å². The van der Waals surface area contributed by atoms with E-state index in [1.165, 1.54) is 6.42 Å². The lowest BCUT2D eigenvalue weighted by Gasteiger charge is -2.14. The number of hydrogen-bond donors (Lipinski definition) is 0. The molecule has 0 unspecified atom stereocenters. The van der Waals surface area contributed by atoms with E-state index in [1.54, 1.807) is 0 Å². The van der Waals surface area contributed by atoms with Gasteiger partial charge in [0.1, 0.15) is 5.82 Å². The SMILES string of the molecule is C=Cc1cc(C)cnc1N(C)C.CCC. The van der Waals surface area contributed by atoms with Crippen molar-refractivity contribution in [2.45, 2.75) is 27.2 Å². The summed E-state index contributed by atoms with van der Waals surface area (Å²) in [5, 5.41) is 0. The van der Waals surface area contributed by atoms with Crippen LogP contribution in [0.5, 0.6) is 0 Å². The van der Waals surface area contributed by atoms with Crippen LogP contribution < -0.4 is 4.90 Å². The molecule has 0 aliphatic carbocycles. The number of rotatable bonds is 2. The molecule has 2 nitrogen and oxygen atoms in total. The molecule has 1 heterocycles. The van der Waals surface area contributed by atoms with Gasteiger partial charge < -0.3 is 4.90 Å². The molecule has 0 aliphatic rings. The van der Waals surface area contributed by atoms with Crippen molar-refractivity contribution in [3.05, 3.63) is 30.0 Å². The van der Waals surface area contributed by atoms with Crippen molar-refractivity contribution in [2.75, 3.05) is 19.0 Å². The summed E-state index contributed by atoms with van der Waals surface area (Å²) >= 11 is 0. The molecular formula is C13H22N2. The molecule has 84 valence electrons. The third-order valence-corrected chi connectivity index (χ3v) is 1.68. The van der Waals surface area contributed by atoms with Crippen molar-refractivity contribution in [1.29, 1.82) is 0 Å². The minimum absolute atomic E-state index is 0.968. The molecule has 0 N–H and O–H groups in total. The molecule has 0 spiro atoms. The van der Waals surface area contributed by atoms with Crippen molar-refractivity contribution in [3.8, 4) is 0 Å². The molecule has 0 fully saturated rings. The van der Waals surface area contributed by atoms with E-state index in [0.717, 1.165) is 16.9 Å². The van der Waals surface area contributed by atoms with E-state index in [1.807, 2.05) is 38.2 Å². The van der Waals surface area contributed by atoms with Crippen LogP contribution in [-0.4, -0.2) is 19.1 Å². The molecule has 0 atom stereocenters. The van der Waals surface area contributed by atoms with Crippen LogP contribution in [-0.2, 0) is 0 Å². The Balaban J connectivity index is 0.000000583. The van der Waals surface area contributed by atoms with Gasteiger partial charge in [0.15, 0.2) is 0 Å². The first kappa shape index (κ1) is 13.7. The van der Waals surface area contributed by atoms with Crippen molar-refractivity contribution < 1.29 is 0 Å². The predicted molar refractivity (Wildman–Crippen MR) is 69.4 cm³/mol. The smallest absolute Gasteiger partial charge is 0.135 e. The first-order valence-electron chi connectivity index (χ1n) is 5.33. The number of anilines is 1. The minimum Gasteiger partial charge on any atom is -0.362 e. The molecule has 1 aromatic heterocycles. The summed E-state index contributed by atoms with van der Waals surface area (Å²) in [5.41, 5.74) is 2.25. The largest absolute Gasteiger partial charge is 0.362 e. The molecule has 0 saturated heterocycles. The Labute approximate surface area is 93.6 Å². The van der Waals surface area contributed by atoms with Crippen LogP contribution in [0.3, 0.4) is 0 Å². The summed E-state index contributed by atoms with van der Waals surface area (Å²) in [6, 6.07) is 2.08. The Morgan fingerprint density at radius 1 is 1.40 bits per heavy atom. The highest BCUT2D eigenvalue weighted by Gasteiger charge is 2.01. The molecule has 0 aliphatic heterocycles. The Bertz CT molecular complexity index is 303. The first-order valence-corrected chi connectivity index (χ1v) is 5.33. The second-order valence-electron chi connectivity index (χ2n) is 3.73. The summed E-state index contributed by atoms with van der Waals surface area (Å²) in [6.07, 6.45) is 4.94. The Morgan fingerprint density at radius 3 is 2.33 bits per heavy atom. The summed E-state index contributed by atoms with van der Waals surface area (Å²) in [7, 11) is 3.95. The number of aromatic nitrogens is 1. The summed E-state index contributed by atoms with van der Waals surface area (Å²) < 4.78 is 0. The second-order valence-corrected chi connectivity index (χ2v) is 3.73. The van der Waals surface area contributed by atoms with Crippen LogP contribution in [0.1, 0.15) is 31.4 Å². The van der Waals surface area contributed by atoms with Crippen molar-refractivity contribution in [1.82, 2.24) is 4.98 Å². The quantitative estimate of drug-likeness (QED) is 0.736. The van der Waals surface area contributed by atoms with Gasteiger partial charge in [-0.05, 0) is 18.6 Å². The number of nitrogens with zero attached hydrogens (tertiary/aromatic N) is 2. The van der Waals surface area contributed by atoms with E-state index in [9.17, 15) is 0 Å². The Kier molecular flexibility index (Phi) is 6.43. The van der Waals surface area contributed by atoms with Gasteiger partial charge >= 0.3 is 0 Å². The topological polar surface area (TPSA) is 16.1 Å². The summed E-state index contributed by atoms with van der Waals surface area (Å²) in [6.45, 7) is 10.0. The molecule has 0 radical (unpaired) electrons. The highest BCUT2D eigenvalue weighted by atomic mass is 15.1. The Morgan fingerprint density at radius 2 is 1.93 bits per heavy atom. The minimum atomic E-state index is 0.968. The lowest BCUT2D eigenvalue weighted by atomic mass is 10.2. The van der Waals surface area contributed by atoms with Crippen molar-refractivity contribution in [2.24, 2.45) is 0 Å². The predicted octanol–water partition coefficient (Wildman–Crippen LogP) is 3.52. The Hall–Kier alpha value is -1.31. The van der Waals surface area contributed by atoms with Crippen molar-refractivity contribution in [3.63, 3.8) is 0 Å². The number of pyridine rings is 1. The molecular weight excluding hydrogens is 184 g/mol. The van der Waals surface area contributed by atoms with Crippen molar-refractivity contribution >= 4 is 11.9 Å². The van der Waals surface area contributed by atoms with Crippen LogP contribution in [0.4, 0.5) is 5.82 Å². The average molecular weight is 206 g/mol. The highest BCUT2D eigenvalue weighted by molar-refractivity contribution is 5.62. The van der Waals surface area contributed by atoms with E-state index in [-0.39, 0.29) is 0 Å². The van der Waals surface area contributed by atoms with E-state index >= 15 is 0 Å². The monoisotopic (exact) mass is 206 g/mol. The van der Waals surface area contributed by atoms with Gasteiger partial charge in [-0.15, -0.1) is 0 Å². The average Bonchev–Trinajstić information content (AvgIpc) is 2.18. The molecule has 0 saturated carbocycles. The fraction of sp³-hybridized carbons (Fsp3) is 0.462. The van der Waals surface area contributed by atoms with E-state index < -0.39 is 0 Å². The maximum absolute atomic E-state index is 4.30. The van der Waals surface area contributed by atoms with Gasteiger partial charge in [-0.2, -0.15) is 0 Å². The first-order chi connectivity index (χ1) is 7.06. The maximum atomic E-state index is 4.30. The maximum Gasteiger partial charge on any atom is 0.135 e. The number of hydrogen-bond acceptors (Lipinski definition) is 2. The van der Waals surface area contributed by atoms with Crippen LogP contribution in [0.2, 0.25) is 0 Å². The normalized spacial score (nSPS) is 8.87. The summed E-state index contributed by atoms with van der Waals surface area (Å²) in [5.74, 6) is 0.968. The van der Waals surface area contributed by atoms with Gasteiger partial charge in [0.2, 0.25) is 0 Å². The zero-order chi connectivity index (χ0) is 11.8. The fourth-order valence-corrected chi connectivity index (χ4v) is 1.11. The molecule has 0 amide bonds. The van der Waals surface area contributed by atoms with Crippen LogP contribution in [0, 0.1) is 6.92 Å².